The SMILES string of the molecule is Cc1ccc(CN2CCN(C(=O)Cn3nccc3C)CC2)cc1. The van der Waals surface area contributed by atoms with Crippen molar-refractivity contribution in [3.8, 4) is 0 Å². The van der Waals surface area contributed by atoms with Crippen LogP contribution in [0.15, 0.2) is 36.5 Å². The highest BCUT2D eigenvalue weighted by molar-refractivity contribution is 5.76. The van der Waals surface area contributed by atoms with Crippen LogP contribution in [0.2, 0.25) is 0 Å². The number of piperazine rings is 1. The van der Waals surface area contributed by atoms with E-state index in [0.29, 0.717) is 6.54 Å². The molecule has 1 fully saturated rings. The Balaban J connectivity index is 1.49. The summed E-state index contributed by atoms with van der Waals surface area (Å²) in [5.74, 6) is 0.159. The van der Waals surface area contributed by atoms with Gasteiger partial charge in [-0.1, -0.05) is 29.8 Å². The van der Waals surface area contributed by atoms with Gasteiger partial charge in [-0.2, -0.15) is 5.10 Å². The fraction of sp³-hybridized carbons (Fsp3) is 0.444. The molecule has 5 heteroatoms. The molecule has 0 aliphatic carbocycles. The van der Waals surface area contributed by atoms with E-state index in [-0.39, 0.29) is 5.91 Å². The zero-order valence-electron chi connectivity index (χ0n) is 13.9. The lowest BCUT2D eigenvalue weighted by molar-refractivity contribution is -0.133. The molecule has 0 atom stereocenters. The summed E-state index contributed by atoms with van der Waals surface area (Å²) in [5, 5.41) is 4.19. The summed E-state index contributed by atoms with van der Waals surface area (Å²) >= 11 is 0. The number of nitrogens with zero attached hydrogens (tertiary/aromatic N) is 4. The fourth-order valence-electron chi connectivity index (χ4n) is 2.90. The minimum Gasteiger partial charge on any atom is -0.339 e. The van der Waals surface area contributed by atoms with Crippen molar-refractivity contribution in [2.45, 2.75) is 26.9 Å². The Kier molecular flexibility index (Phi) is 4.76. The van der Waals surface area contributed by atoms with Crippen molar-refractivity contribution in [3.05, 3.63) is 53.3 Å². The molecule has 0 unspecified atom stereocenters. The smallest absolute Gasteiger partial charge is 0.244 e. The Morgan fingerprint density at radius 1 is 1.04 bits per heavy atom. The van der Waals surface area contributed by atoms with Crippen LogP contribution in [0.3, 0.4) is 0 Å². The minimum absolute atomic E-state index is 0.159. The number of hydrogen-bond acceptors (Lipinski definition) is 3. The summed E-state index contributed by atoms with van der Waals surface area (Å²) in [6, 6.07) is 10.6. The van der Waals surface area contributed by atoms with E-state index in [2.05, 4.69) is 41.2 Å². The van der Waals surface area contributed by atoms with Gasteiger partial charge in [0.15, 0.2) is 0 Å². The Morgan fingerprint density at radius 2 is 1.74 bits per heavy atom. The van der Waals surface area contributed by atoms with E-state index in [9.17, 15) is 4.79 Å². The summed E-state index contributed by atoms with van der Waals surface area (Å²) in [4.78, 5) is 16.7. The lowest BCUT2D eigenvalue weighted by atomic mass is 10.1. The van der Waals surface area contributed by atoms with Crippen LogP contribution < -0.4 is 0 Å². The molecule has 1 saturated heterocycles. The van der Waals surface area contributed by atoms with Gasteiger partial charge in [-0.05, 0) is 25.5 Å². The largest absolute Gasteiger partial charge is 0.339 e. The monoisotopic (exact) mass is 312 g/mol. The van der Waals surface area contributed by atoms with Crippen molar-refractivity contribution in [1.82, 2.24) is 19.6 Å². The first-order valence-corrected chi connectivity index (χ1v) is 8.16. The van der Waals surface area contributed by atoms with E-state index < -0.39 is 0 Å². The summed E-state index contributed by atoms with van der Waals surface area (Å²) in [7, 11) is 0. The maximum absolute atomic E-state index is 12.4. The number of aromatic nitrogens is 2. The van der Waals surface area contributed by atoms with Gasteiger partial charge < -0.3 is 4.90 Å². The standard InChI is InChI=1S/C18H24N4O/c1-15-3-5-17(6-4-15)13-20-9-11-21(12-10-20)18(23)14-22-16(2)7-8-19-22/h3-8H,9-14H2,1-2H3. The predicted octanol–water partition coefficient (Wildman–Crippen LogP) is 1.84. The molecule has 1 aliphatic heterocycles. The third kappa shape index (κ3) is 3.99. The van der Waals surface area contributed by atoms with Crippen LogP contribution in [-0.4, -0.2) is 51.7 Å². The van der Waals surface area contributed by atoms with Crippen LogP contribution in [0.1, 0.15) is 16.8 Å². The molecule has 5 nitrogen and oxygen atoms in total. The molecular weight excluding hydrogens is 288 g/mol. The average Bonchev–Trinajstić information content (AvgIpc) is 2.95. The number of hydrogen-bond donors (Lipinski definition) is 0. The van der Waals surface area contributed by atoms with Gasteiger partial charge >= 0.3 is 0 Å². The van der Waals surface area contributed by atoms with Crippen molar-refractivity contribution in [2.75, 3.05) is 26.2 Å². The maximum atomic E-state index is 12.4. The number of aryl methyl sites for hydroxylation is 2. The molecule has 3 rings (SSSR count). The first-order valence-electron chi connectivity index (χ1n) is 8.16. The van der Waals surface area contributed by atoms with Gasteiger partial charge in [0.1, 0.15) is 6.54 Å². The van der Waals surface area contributed by atoms with Crippen LogP contribution in [0.5, 0.6) is 0 Å². The normalized spacial score (nSPS) is 15.8. The second-order valence-electron chi connectivity index (χ2n) is 6.27. The summed E-state index contributed by atoms with van der Waals surface area (Å²) < 4.78 is 1.76. The molecule has 1 aromatic heterocycles. The van der Waals surface area contributed by atoms with Gasteiger partial charge in [0.25, 0.3) is 0 Å². The Hall–Kier alpha value is -2.14. The Labute approximate surface area is 137 Å². The Bertz CT molecular complexity index is 654. The van der Waals surface area contributed by atoms with Crippen molar-refractivity contribution in [2.24, 2.45) is 0 Å². The van der Waals surface area contributed by atoms with Crippen LogP contribution in [0.25, 0.3) is 0 Å². The minimum atomic E-state index is 0.159. The number of rotatable bonds is 4. The first-order chi connectivity index (χ1) is 11.1. The molecule has 0 radical (unpaired) electrons. The van der Waals surface area contributed by atoms with Crippen LogP contribution in [0.4, 0.5) is 0 Å². The van der Waals surface area contributed by atoms with Gasteiger partial charge in [-0.3, -0.25) is 14.4 Å². The number of carbonyl (C=O) groups excluding carboxylic acids is 1. The molecule has 23 heavy (non-hydrogen) atoms. The molecule has 0 spiro atoms. The third-order valence-corrected chi connectivity index (χ3v) is 4.47. The molecule has 1 aliphatic rings. The van der Waals surface area contributed by atoms with Gasteiger partial charge in [0.2, 0.25) is 5.91 Å². The molecule has 1 aromatic carbocycles. The van der Waals surface area contributed by atoms with E-state index in [1.165, 1.54) is 11.1 Å². The molecule has 0 N–H and O–H groups in total. The molecule has 122 valence electrons. The van der Waals surface area contributed by atoms with Gasteiger partial charge in [-0.15, -0.1) is 0 Å². The summed E-state index contributed by atoms with van der Waals surface area (Å²) in [6.07, 6.45) is 1.74. The van der Waals surface area contributed by atoms with Gasteiger partial charge in [0.05, 0.1) is 0 Å². The summed E-state index contributed by atoms with van der Waals surface area (Å²) in [5.41, 5.74) is 3.65. The van der Waals surface area contributed by atoms with Gasteiger partial charge in [-0.25, -0.2) is 0 Å². The zero-order chi connectivity index (χ0) is 16.2. The first kappa shape index (κ1) is 15.7. The predicted molar refractivity (Wildman–Crippen MR) is 90.0 cm³/mol. The highest BCUT2D eigenvalue weighted by atomic mass is 16.2. The topological polar surface area (TPSA) is 41.4 Å². The van der Waals surface area contributed by atoms with Crippen LogP contribution in [-0.2, 0) is 17.9 Å². The highest BCUT2D eigenvalue weighted by Crippen LogP contribution is 2.10. The number of amides is 1. The third-order valence-electron chi connectivity index (χ3n) is 4.47. The lowest BCUT2D eigenvalue weighted by Gasteiger charge is -2.34. The van der Waals surface area contributed by atoms with E-state index in [0.717, 1.165) is 38.4 Å². The maximum Gasteiger partial charge on any atom is 0.244 e. The fourth-order valence-corrected chi connectivity index (χ4v) is 2.90. The Morgan fingerprint density at radius 3 is 2.35 bits per heavy atom. The van der Waals surface area contributed by atoms with Crippen molar-refractivity contribution in [3.63, 3.8) is 0 Å². The van der Waals surface area contributed by atoms with Crippen molar-refractivity contribution < 1.29 is 4.79 Å². The highest BCUT2D eigenvalue weighted by Gasteiger charge is 2.21. The van der Waals surface area contributed by atoms with Crippen LogP contribution in [0, 0.1) is 13.8 Å². The molecule has 2 heterocycles. The van der Waals surface area contributed by atoms with Crippen LogP contribution >= 0.6 is 0 Å². The van der Waals surface area contributed by atoms with Gasteiger partial charge in [0, 0.05) is 44.6 Å². The molecule has 0 saturated carbocycles. The summed E-state index contributed by atoms with van der Waals surface area (Å²) in [6.45, 7) is 8.83. The number of benzene rings is 1. The zero-order valence-corrected chi connectivity index (χ0v) is 13.9. The van der Waals surface area contributed by atoms with Crippen molar-refractivity contribution >= 4 is 5.91 Å². The van der Waals surface area contributed by atoms with Crippen molar-refractivity contribution in [1.29, 1.82) is 0 Å². The quantitative estimate of drug-likeness (QED) is 0.865. The molecule has 0 bridgehead atoms. The van der Waals surface area contributed by atoms with E-state index in [1.54, 1.807) is 10.9 Å². The number of carbonyl (C=O) groups is 1. The molecule has 1 amide bonds. The average molecular weight is 312 g/mol. The van der Waals surface area contributed by atoms with E-state index in [4.69, 9.17) is 0 Å². The van der Waals surface area contributed by atoms with E-state index in [1.807, 2.05) is 17.9 Å². The molecular formula is C18H24N4O. The lowest BCUT2D eigenvalue weighted by Crippen LogP contribution is -2.49. The molecule has 2 aromatic rings. The van der Waals surface area contributed by atoms with E-state index >= 15 is 0 Å². The second kappa shape index (κ2) is 6.96. The second-order valence-corrected chi connectivity index (χ2v) is 6.27.